The van der Waals surface area contributed by atoms with Crippen LogP contribution in [-0.2, 0) is 28.2 Å². The summed E-state index contributed by atoms with van der Waals surface area (Å²) in [5, 5.41) is 25.1. The van der Waals surface area contributed by atoms with Gasteiger partial charge in [0.15, 0.2) is 18.1 Å². The van der Waals surface area contributed by atoms with Crippen LogP contribution in [0.5, 0.6) is 0 Å². The minimum atomic E-state index is -1.30. The second-order valence-electron chi connectivity index (χ2n) is 14.1. The fourth-order valence-corrected chi connectivity index (χ4v) is 6.18. The summed E-state index contributed by atoms with van der Waals surface area (Å²) in [6, 6.07) is 26.3. The van der Waals surface area contributed by atoms with E-state index < -0.39 is 22.9 Å². The molecule has 6 rings (SSSR count). The van der Waals surface area contributed by atoms with Gasteiger partial charge >= 0.3 is 11.8 Å². The molecule has 0 bridgehead atoms. The molecule has 11 nitrogen and oxygen atoms in total. The van der Waals surface area contributed by atoms with Crippen LogP contribution in [0.2, 0.25) is 0 Å². The highest BCUT2D eigenvalue weighted by Gasteiger charge is 2.33. The van der Waals surface area contributed by atoms with Crippen LogP contribution in [0.25, 0.3) is 22.5 Å². The Morgan fingerprint density at radius 2 is 1.63 bits per heavy atom. The van der Waals surface area contributed by atoms with Crippen LogP contribution in [0.4, 0.5) is 0 Å². The van der Waals surface area contributed by atoms with Gasteiger partial charge < -0.3 is 23.6 Å². The molecule has 1 aliphatic carbocycles. The number of hydrogen-bond acceptors (Lipinski definition) is 10. The molecule has 2 heterocycles. The van der Waals surface area contributed by atoms with Gasteiger partial charge in [-0.1, -0.05) is 97.4 Å². The van der Waals surface area contributed by atoms with Crippen molar-refractivity contribution >= 4 is 5.97 Å². The first-order chi connectivity index (χ1) is 24.8. The van der Waals surface area contributed by atoms with E-state index in [1.165, 1.54) is 0 Å². The van der Waals surface area contributed by atoms with E-state index in [-0.39, 0.29) is 18.1 Å². The molecule has 2 aromatic heterocycles. The molecule has 0 unspecified atom stereocenters. The van der Waals surface area contributed by atoms with Gasteiger partial charge in [-0.25, -0.2) is 9.59 Å². The standard InChI is InChI=1S/C41H45N5O6/c1-7-23-45(36(34(41(5,6)49)24-28-17-18-28)38(47)50-26-35-27(2)51-39(48)52-35)25-29-19-21-30(22-20-29)32-15-11-12-16-33(32)37-42-44-46(43-37)40(3,4)31-13-9-8-10-14-31/h8-17,19-22,49H,7,18,23-26H2,1-6H3/b36-34+. The zero-order valence-corrected chi connectivity index (χ0v) is 30.6. The summed E-state index contributed by atoms with van der Waals surface area (Å²) in [4.78, 5) is 29.2. The topological polar surface area (TPSA) is 137 Å². The van der Waals surface area contributed by atoms with E-state index in [2.05, 4.69) is 42.4 Å². The molecule has 0 fully saturated rings. The summed E-state index contributed by atoms with van der Waals surface area (Å²) >= 11 is 0. The van der Waals surface area contributed by atoms with E-state index in [1.54, 1.807) is 25.6 Å². The Balaban J connectivity index is 1.29. The van der Waals surface area contributed by atoms with Crippen LogP contribution in [0, 0.1) is 6.92 Å². The summed E-state index contributed by atoms with van der Waals surface area (Å²) < 4.78 is 15.7. The zero-order valence-electron chi connectivity index (χ0n) is 30.6. The molecular weight excluding hydrogens is 658 g/mol. The van der Waals surface area contributed by atoms with Gasteiger partial charge in [0.05, 0.1) is 5.60 Å². The Kier molecular flexibility index (Phi) is 10.4. The predicted octanol–water partition coefficient (Wildman–Crippen LogP) is 7.35. The van der Waals surface area contributed by atoms with Gasteiger partial charge in [0.1, 0.15) is 11.2 Å². The van der Waals surface area contributed by atoms with E-state index >= 15 is 0 Å². The molecule has 0 aliphatic heterocycles. The minimum absolute atomic E-state index is 0.142. The quantitative estimate of drug-likeness (QED) is 0.0670. The summed E-state index contributed by atoms with van der Waals surface area (Å²) in [5.74, 6) is -0.552. The Hall–Kier alpha value is -5.55. The van der Waals surface area contributed by atoms with Crippen LogP contribution >= 0.6 is 0 Å². The number of carbonyl (C=O) groups excluding carboxylic acids is 1. The molecule has 0 saturated carbocycles. The molecule has 270 valence electrons. The van der Waals surface area contributed by atoms with E-state index in [9.17, 15) is 14.7 Å². The number of carbonyl (C=O) groups is 1. The normalized spacial score (nSPS) is 13.4. The highest BCUT2D eigenvalue weighted by molar-refractivity contribution is 5.89. The molecule has 0 radical (unpaired) electrons. The number of aryl methyl sites for hydroxylation is 1. The van der Waals surface area contributed by atoms with E-state index in [1.807, 2.05) is 78.6 Å². The number of esters is 1. The number of tetrazole rings is 1. The first kappa shape index (κ1) is 36.2. The number of aromatic nitrogens is 4. The van der Waals surface area contributed by atoms with E-state index in [0.29, 0.717) is 36.6 Å². The maximum atomic E-state index is 14.0. The molecule has 3 aromatic carbocycles. The lowest BCUT2D eigenvalue weighted by atomic mass is 9.91. The predicted molar refractivity (Wildman–Crippen MR) is 197 cm³/mol. The van der Waals surface area contributed by atoms with Crippen molar-refractivity contribution in [2.45, 2.75) is 85.1 Å². The summed E-state index contributed by atoms with van der Waals surface area (Å²) in [6.45, 7) is 11.8. The molecule has 0 atom stereocenters. The fraction of sp³-hybridized carbons (Fsp3) is 0.341. The second-order valence-corrected chi connectivity index (χ2v) is 14.1. The molecule has 1 N–H and O–H groups in total. The molecule has 0 amide bonds. The maximum absolute atomic E-state index is 14.0. The zero-order chi connectivity index (χ0) is 37.0. The highest BCUT2D eigenvalue weighted by Crippen LogP contribution is 2.36. The van der Waals surface area contributed by atoms with Gasteiger partial charge in [0, 0.05) is 18.7 Å². The number of rotatable bonds is 15. The molecule has 0 saturated heterocycles. The van der Waals surface area contributed by atoms with Crippen LogP contribution in [0.3, 0.4) is 0 Å². The van der Waals surface area contributed by atoms with E-state index in [0.717, 1.165) is 46.2 Å². The summed E-state index contributed by atoms with van der Waals surface area (Å²) in [7, 11) is 0. The Morgan fingerprint density at radius 3 is 2.25 bits per heavy atom. The van der Waals surface area contributed by atoms with Crippen molar-refractivity contribution in [2.75, 3.05) is 6.54 Å². The Morgan fingerprint density at radius 1 is 0.962 bits per heavy atom. The molecule has 5 aromatic rings. The Bertz CT molecular complexity index is 2150. The summed E-state index contributed by atoms with van der Waals surface area (Å²) in [5.41, 5.74) is 5.06. The Labute approximate surface area is 303 Å². The first-order valence-corrected chi connectivity index (χ1v) is 17.5. The van der Waals surface area contributed by atoms with Crippen molar-refractivity contribution in [3.05, 3.63) is 135 Å². The van der Waals surface area contributed by atoms with Crippen LogP contribution in [-0.4, -0.2) is 48.3 Å². The van der Waals surface area contributed by atoms with Crippen molar-refractivity contribution in [1.82, 2.24) is 25.1 Å². The second kappa shape index (κ2) is 15.0. The molecule has 1 aliphatic rings. The number of benzene rings is 3. The monoisotopic (exact) mass is 703 g/mol. The number of ether oxygens (including phenoxy) is 1. The van der Waals surface area contributed by atoms with E-state index in [4.69, 9.17) is 18.7 Å². The maximum Gasteiger partial charge on any atom is 0.519 e. The summed E-state index contributed by atoms with van der Waals surface area (Å²) in [6.07, 6.45) is 4.12. The van der Waals surface area contributed by atoms with Gasteiger partial charge in [0.25, 0.3) is 0 Å². The van der Waals surface area contributed by atoms with Crippen molar-refractivity contribution in [3.8, 4) is 22.5 Å². The van der Waals surface area contributed by atoms with Crippen molar-refractivity contribution in [3.63, 3.8) is 0 Å². The molecular formula is C41H45N5O6. The average Bonchev–Trinajstić information content (AvgIpc) is 3.69. The lowest BCUT2D eigenvalue weighted by Crippen LogP contribution is -2.35. The molecule has 52 heavy (non-hydrogen) atoms. The SMILES string of the molecule is CCCN(Cc1ccc(-c2ccccc2-c2nnn(C(C)(C)c3ccccc3)n2)cc1)/C(C(=O)OCc1oc(=O)oc1C)=C(\CC1=CC1)C(C)(C)O. The third-order valence-electron chi connectivity index (χ3n) is 9.29. The lowest BCUT2D eigenvalue weighted by Gasteiger charge is -2.32. The van der Waals surface area contributed by atoms with Gasteiger partial charge in [-0.2, -0.15) is 4.80 Å². The molecule has 0 spiro atoms. The highest BCUT2D eigenvalue weighted by atomic mass is 16.6. The average molecular weight is 704 g/mol. The lowest BCUT2D eigenvalue weighted by molar-refractivity contribution is -0.143. The van der Waals surface area contributed by atoms with Crippen molar-refractivity contribution < 1.29 is 23.5 Å². The van der Waals surface area contributed by atoms with Gasteiger partial charge in [-0.15, -0.1) is 10.2 Å². The van der Waals surface area contributed by atoms with Crippen molar-refractivity contribution in [1.29, 1.82) is 0 Å². The number of nitrogens with zero attached hydrogens (tertiary/aromatic N) is 5. The number of aliphatic hydroxyl groups is 1. The third-order valence-corrected chi connectivity index (χ3v) is 9.29. The van der Waals surface area contributed by atoms with Crippen LogP contribution in [0.1, 0.15) is 76.5 Å². The van der Waals surface area contributed by atoms with Gasteiger partial charge in [-0.05, 0) is 86.9 Å². The number of hydrogen-bond donors (Lipinski definition) is 1. The third kappa shape index (κ3) is 8.15. The fourth-order valence-electron chi connectivity index (χ4n) is 6.18. The minimum Gasteiger partial charge on any atom is -0.453 e. The smallest absolute Gasteiger partial charge is 0.453 e. The number of allylic oxidation sites excluding steroid dienone is 2. The van der Waals surface area contributed by atoms with Gasteiger partial charge in [0.2, 0.25) is 5.82 Å². The van der Waals surface area contributed by atoms with Gasteiger partial charge in [-0.3, -0.25) is 0 Å². The first-order valence-electron chi connectivity index (χ1n) is 17.5. The van der Waals surface area contributed by atoms with Crippen molar-refractivity contribution in [2.24, 2.45) is 0 Å². The molecule has 11 heteroatoms. The largest absolute Gasteiger partial charge is 0.519 e. The van der Waals surface area contributed by atoms with Crippen LogP contribution < -0.4 is 5.82 Å². The van der Waals surface area contributed by atoms with Crippen LogP contribution in [0.15, 0.2) is 115 Å².